The summed E-state index contributed by atoms with van der Waals surface area (Å²) in [6.45, 7) is 4.32. The maximum Gasteiger partial charge on any atom is 0.237 e. The molecule has 2 rings (SSSR count). The first-order valence-corrected chi connectivity index (χ1v) is 8.49. The smallest absolute Gasteiger partial charge is 0.237 e. The maximum absolute atomic E-state index is 12.4. The van der Waals surface area contributed by atoms with Crippen LogP contribution < -0.4 is 10.1 Å². The minimum absolute atomic E-state index is 0.0331. The number of benzene rings is 1. The molecule has 2 N–H and O–H groups in total. The Kier molecular flexibility index (Phi) is 6.86. The van der Waals surface area contributed by atoms with Crippen molar-refractivity contribution in [3.63, 3.8) is 0 Å². The third-order valence-electron chi connectivity index (χ3n) is 4.40. The molecule has 23 heavy (non-hydrogen) atoms. The lowest BCUT2D eigenvalue weighted by Crippen LogP contribution is -2.50. The summed E-state index contributed by atoms with van der Waals surface area (Å²) in [6, 6.07) is 7.21. The molecule has 1 heterocycles. The van der Waals surface area contributed by atoms with Crippen molar-refractivity contribution in [2.75, 3.05) is 26.7 Å². The topological polar surface area (TPSA) is 61.8 Å². The molecule has 2 unspecified atom stereocenters. The number of rotatable bonds is 7. The molecule has 5 nitrogen and oxygen atoms in total. The third kappa shape index (κ3) is 4.94. The number of ether oxygens (including phenoxy) is 1. The Hall–Kier alpha value is -1.59. The van der Waals surface area contributed by atoms with Crippen LogP contribution in [0.25, 0.3) is 0 Å². The molecule has 1 aliphatic rings. The largest absolute Gasteiger partial charge is 0.497 e. The van der Waals surface area contributed by atoms with Gasteiger partial charge in [0.2, 0.25) is 5.91 Å². The summed E-state index contributed by atoms with van der Waals surface area (Å²) in [5.74, 6) is 0.785. The monoisotopic (exact) mass is 320 g/mol. The fourth-order valence-corrected chi connectivity index (χ4v) is 3.10. The Morgan fingerprint density at radius 1 is 1.39 bits per heavy atom. The van der Waals surface area contributed by atoms with Crippen LogP contribution in [0.5, 0.6) is 5.75 Å². The molecule has 2 atom stereocenters. The van der Waals surface area contributed by atoms with Gasteiger partial charge in [-0.05, 0) is 50.0 Å². The molecule has 0 bridgehead atoms. The van der Waals surface area contributed by atoms with Crippen LogP contribution in [0.3, 0.4) is 0 Å². The number of methoxy groups -OCH3 is 1. The van der Waals surface area contributed by atoms with Gasteiger partial charge in [-0.1, -0.05) is 25.5 Å². The quantitative estimate of drug-likeness (QED) is 0.808. The first kappa shape index (κ1) is 17.8. The van der Waals surface area contributed by atoms with Crippen LogP contribution in [0.1, 0.15) is 44.3 Å². The predicted molar refractivity (Wildman–Crippen MR) is 90.5 cm³/mol. The minimum Gasteiger partial charge on any atom is -0.497 e. The van der Waals surface area contributed by atoms with Crippen molar-refractivity contribution in [1.29, 1.82) is 0 Å². The number of nitrogens with zero attached hydrogens (tertiary/aromatic N) is 1. The lowest BCUT2D eigenvalue weighted by atomic mass is 10.0. The number of piperidine rings is 1. The van der Waals surface area contributed by atoms with Crippen molar-refractivity contribution >= 4 is 5.91 Å². The second-order valence-electron chi connectivity index (χ2n) is 6.08. The Morgan fingerprint density at radius 2 is 2.13 bits per heavy atom. The summed E-state index contributed by atoms with van der Waals surface area (Å²) in [6.07, 6.45) is 3.52. The van der Waals surface area contributed by atoms with Crippen LogP contribution in [0, 0.1) is 0 Å². The van der Waals surface area contributed by atoms with E-state index in [1.54, 1.807) is 7.11 Å². The fraction of sp³-hybridized carbons (Fsp3) is 0.611. The molecule has 128 valence electrons. The van der Waals surface area contributed by atoms with E-state index in [0.717, 1.165) is 50.1 Å². The minimum atomic E-state index is -0.701. The van der Waals surface area contributed by atoms with Gasteiger partial charge >= 0.3 is 0 Å². The van der Waals surface area contributed by atoms with Crippen LogP contribution in [-0.4, -0.2) is 48.7 Å². The number of aliphatic hydroxyl groups is 1. The van der Waals surface area contributed by atoms with E-state index in [9.17, 15) is 9.90 Å². The van der Waals surface area contributed by atoms with Gasteiger partial charge in [0.05, 0.1) is 19.3 Å². The Bertz CT molecular complexity index is 488. The Labute approximate surface area is 138 Å². The van der Waals surface area contributed by atoms with E-state index in [4.69, 9.17) is 4.74 Å². The molecule has 0 aromatic heterocycles. The lowest BCUT2D eigenvalue weighted by Gasteiger charge is -2.34. The second kappa shape index (κ2) is 8.89. The zero-order chi connectivity index (χ0) is 16.7. The highest BCUT2D eigenvalue weighted by Crippen LogP contribution is 2.19. The van der Waals surface area contributed by atoms with Gasteiger partial charge in [0.1, 0.15) is 5.75 Å². The van der Waals surface area contributed by atoms with Gasteiger partial charge in [-0.2, -0.15) is 0 Å². The van der Waals surface area contributed by atoms with Gasteiger partial charge in [-0.3, -0.25) is 9.69 Å². The first-order valence-electron chi connectivity index (χ1n) is 8.49. The van der Waals surface area contributed by atoms with E-state index >= 15 is 0 Å². The van der Waals surface area contributed by atoms with Crippen LogP contribution in [0.4, 0.5) is 0 Å². The number of carbonyl (C=O) groups excluding carboxylic acids is 1. The molecule has 1 aromatic rings. The molecule has 0 spiro atoms. The molecular formula is C18H28N2O3. The van der Waals surface area contributed by atoms with Crippen LogP contribution in [0.15, 0.2) is 24.3 Å². The standard InChI is InChI=1S/C18H28N2O3/c1-3-11-20-12-5-4-6-16(20)18(22)19-13-17(21)14-7-9-15(23-2)10-8-14/h7-10,16-17,21H,3-6,11-13H2,1-2H3,(H,19,22). The molecule has 1 aromatic carbocycles. The summed E-state index contributed by atoms with van der Waals surface area (Å²) in [7, 11) is 1.61. The van der Waals surface area contributed by atoms with E-state index in [-0.39, 0.29) is 18.5 Å². The van der Waals surface area contributed by atoms with E-state index in [1.807, 2.05) is 24.3 Å². The van der Waals surface area contributed by atoms with Crippen LogP contribution >= 0.6 is 0 Å². The molecular weight excluding hydrogens is 292 g/mol. The summed E-state index contributed by atoms with van der Waals surface area (Å²) in [5, 5.41) is 13.1. The van der Waals surface area contributed by atoms with Gasteiger partial charge in [-0.15, -0.1) is 0 Å². The molecule has 1 saturated heterocycles. The van der Waals surface area contributed by atoms with Gasteiger partial charge < -0.3 is 15.2 Å². The Balaban J connectivity index is 1.86. The zero-order valence-electron chi connectivity index (χ0n) is 14.1. The van der Waals surface area contributed by atoms with E-state index in [2.05, 4.69) is 17.1 Å². The third-order valence-corrected chi connectivity index (χ3v) is 4.40. The fourth-order valence-electron chi connectivity index (χ4n) is 3.10. The molecule has 1 fully saturated rings. The predicted octanol–water partition coefficient (Wildman–Crippen LogP) is 2.11. The highest BCUT2D eigenvalue weighted by molar-refractivity contribution is 5.81. The number of likely N-dealkylation sites (tertiary alicyclic amines) is 1. The van der Waals surface area contributed by atoms with Crippen molar-refractivity contribution in [2.24, 2.45) is 0 Å². The number of carbonyl (C=O) groups is 1. The number of hydrogen-bond donors (Lipinski definition) is 2. The molecule has 0 radical (unpaired) electrons. The zero-order valence-corrected chi connectivity index (χ0v) is 14.1. The van der Waals surface area contributed by atoms with Crippen molar-refractivity contribution in [3.8, 4) is 5.75 Å². The number of hydrogen-bond acceptors (Lipinski definition) is 4. The Morgan fingerprint density at radius 3 is 2.78 bits per heavy atom. The van der Waals surface area contributed by atoms with Gasteiger partial charge in [-0.25, -0.2) is 0 Å². The van der Waals surface area contributed by atoms with Gasteiger partial charge in [0, 0.05) is 6.54 Å². The number of aliphatic hydroxyl groups excluding tert-OH is 1. The molecule has 0 saturated carbocycles. The van der Waals surface area contributed by atoms with Crippen LogP contribution in [0.2, 0.25) is 0 Å². The highest BCUT2D eigenvalue weighted by atomic mass is 16.5. The van der Waals surface area contributed by atoms with Crippen molar-refractivity contribution in [3.05, 3.63) is 29.8 Å². The molecule has 5 heteroatoms. The second-order valence-corrected chi connectivity index (χ2v) is 6.08. The number of amides is 1. The first-order chi connectivity index (χ1) is 11.2. The van der Waals surface area contributed by atoms with Crippen molar-refractivity contribution in [2.45, 2.75) is 44.8 Å². The van der Waals surface area contributed by atoms with Crippen molar-refractivity contribution in [1.82, 2.24) is 10.2 Å². The molecule has 0 aliphatic carbocycles. The van der Waals surface area contributed by atoms with E-state index in [0.29, 0.717) is 0 Å². The van der Waals surface area contributed by atoms with E-state index < -0.39 is 6.10 Å². The van der Waals surface area contributed by atoms with Crippen LogP contribution in [-0.2, 0) is 4.79 Å². The van der Waals surface area contributed by atoms with Gasteiger partial charge in [0.25, 0.3) is 0 Å². The lowest BCUT2D eigenvalue weighted by molar-refractivity contribution is -0.128. The summed E-state index contributed by atoms with van der Waals surface area (Å²) in [4.78, 5) is 14.7. The molecule has 1 amide bonds. The summed E-state index contributed by atoms with van der Waals surface area (Å²) < 4.78 is 5.10. The normalized spacial score (nSPS) is 20.0. The SMILES string of the molecule is CCCN1CCCCC1C(=O)NCC(O)c1ccc(OC)cc1. The number of nitrogens with one attached hydrogen (secondary N) is 1. The average Bonchev–Trinajstić information content (AvgIpc) is 2.60. The summed E-state index contributed by atoms with van der Waals surface area (Å²) >= 11 is 0. The molecule has 1 aliphatic heterocycles. The average molecular weight is 320 g/mol. The van der Waals surface area contributed by atoms with E-state index in [1.165, 1.54) is 0 Å². The summed E-state index contributed by atoms with van der Waals surface area (Å²) in [5.41, 5.74) is 0.778. The van der Waals surface area contributed by atoms with Crippen molar-refractivity contribution < 1.29 is 14.6 Å². The maximum atomic E-state index is 12.4. The van der Waals surface area contributed by atoms with Gasteiger partial charge in [0.15, 0.2) is 0 Å². The highest BCUT2D eigenvalue weighted by Gasteiger charge is 2.28.